The van der Waals surface area contributed by atoms with E-state index >= 15 is 0 Å². The van der Waals surface area contributed by atoms with Crippen LogP contribution in [0.2, 0.25) is 0 Å². The average molecular weight is 285 g/mol. The van der Waals surface area contributed by atoms with Crippen LogP contribution in [-0.2, 0) is 6.54 Å². The molecule has 0 amide bonds. The Morgan fingerprint density at radius 1 is 1.00 bits per heavy atom. The predicted octanol–water partition coefficient (Wildman–Crippen LogP) is 5.09. The highest BCUT2D eigenvalue weighted by atomic mass is 32.1. The molecule has 0 radical (unpaired) electrons. The fourth-order valence-electron chi connectivity index (χ4n) is 3.05. The first kappa shape index (κ1) is 13.8. The summed E-state index contributed by atoms with van der Waals surface area (Å²) < 4.78 is 0. The molecule has 20 heavy (non-hydrogen) atoms. The van der Waals surface area contributed by atoms with E-state index in [2.05, 4.69) is 47.8 Å². The van der Waals surface area contributed by atoms with Gasteiger partial charge in [-0.1, -0.05) is 56.0 Å². The molecule has 1 nitrogen and oxygen atoms in total. The summed E-state index contributed by atoms with van der Waals surface area (Å²) >= 11 is 1.91. The third-order valence-electron chi connectivity index (χ3n) is 4.22. The molecule has 1 aliphatic carbocycles. The number of thiophene rings is 1. The lowest BCUT2D eigenvalue weighted by atomic mass is 10.0. The maximum absolute atomic E-state index is 3.60. The molecule has 1 N–H and O–H groups in total. The van der Waals surface area contributed by atoms with Crippen LogP contribution in [0.4, 0.5) is 0 Å². The standard InChI is InChI=1S/C18H23NS/c1-2-8-16(9-3-1)18-11-10-17(20-18)14-19-13-12-15-6-4-5-7-15/h1-3,8-11,15,19H,4-7,12-14H2. The van der Waals surface area contributed by atoms with Crippen LogP contribution in [-0.4, -0.2) is 6.54 Å². The van der Waals surface area contributed by atoms with Gasteiger partial charge in [-0.2, -0.15) is 0 Å². The van der Waals surface area contributed by atoms with Gasteiger partial charge >= 0.3 is 0 Å². The quantitative estimate of drug-likeness (QED) is 0.729. The number of hydrogen-bond acceptors (Lipinski definition) is 2. The van der Waals surface area contributed by atoms with Gasteiger partial charge in [0.05, 0.1) is 0 Å². The van der Waals surface area contributed by atoms with Gasteiger partial charge in [-0.3, -0.25) is 0 Å². The van der Waals surface area contributed by atoms with Gasteiger partial charge in [-0.05, 0) is 36.6 Å². The average Bonchev–Trinajstić information content (AvgIpc) is 3.16. The topological polar surface area (TPSA) is 12.0 Å². The van der Waals surface area contributed by atoms with E-state index in [0.717, 1.165) is 12.5 Å². The Hall–Kier alpha value is -1.12. The molecule has 1 aromatic carbocycles. The molecule has 0 bridgehead atoms. The van der Waals surface area contributed by atoms with Crippen molar-refractivity contribution >= 4 is 11.3 Å². The summed E-state index contributed by atoms with van der Waals surface area (Å²) in [7, 11) is 0. The minimum atomic E-state index is 0.991. The predicted molar refractivity (Wildman–Crippen MR) is 88.0 cm³/mol. The minimum Gasteiger partial charge on any atom is -0.312 e. The molecule has 0 atom stereocenters. The van der Waals surface area contributed by atoms with E-state index in [0.29, 0.717) is 0 Å². The molecule has 0 spiro atoms. The molecule has 2 heteroatoms. The van der Waals surface area contributed by atoms with E-state index in [1.54, 1.807) is 0 Å². The first-order chi connectivity index (χ1) is 9.92. The first-order valence-electron chi connectivity index (χ1n) is 7.77. The van der Waals surface area contributed by atoms with Crippen LogP contribution in [0.3, 0.4) is 0 Å². The zero-order valence-corrected chi connectivity index (χ0v) is 12.8. The van der Waals surface area contributed by atoms with Gasteiger partial charge < -0.3 is 5.32 Å². The second kappa shape index (κ2) is 7.05. The van der Waals surface area contributed by atoms with Crippen molar-refractivity contribution in [3.8, 4) is 10.4 Å². The molecule has 1 aliphatic rings. The zero-order chi connectivity index (χ0) is 13.6. The van der Waals surface area contributed by atoms with Crippen LogP contribution < -0.4 is 5.32 Å². The number of benzene rings is 1. The van der Waals surface area contributed by atoms with Gasteiger partial charge in [-0.25, -0.2) is 0 Å². The molecule has 1 heterocycles. The van der Waals surface area contributed by atoms with Gasteiger partial charge in [0.1, 0.15) is 0 Å². The Labute approximate surface area is 126 Å². The van der Waals surface area contributed by atoms with E-state index < -0.39 is 0 Å². The summed E-state index contributed by atoms with van der Waals surface area (Å²) in [6.07, 6.45) is 7.18. The van der Waals surface area contributed by atoms with Crippen LogP contribution >= 0.6 is 11.3 Å². The fourth-order valence-corrected chi connectivity index (χ4v) is 4.03. The van der Waals surface area contributed by atoms with E-state index in [9.17, 15) is 0 Å². The smallest absolute Gasteiger partial charge is 0.0346 e. The van der Waals surface area contributed by atoms with Crippen LogP contribution in [0.1, 0.15) is 37.0 Å². The number of hydrogen-bond donors (Lipinski definition) is 1. The monoisotopic (exact) mass is 285 g/mol. The molecule has 1 saturated carbocycles. The second-order valence-electron chi connectivity index (χ2n) is 5.75. The fraction of sp³-hybridized carbons (Fsp3) is 0.444. The summed E-state index contributed by atoms with van der Waals surface area (Å²) in [6, 6.07) is 15.2. The van der Waals surface area contributed by atoms with Gasteiger partial charge in [0.15, 0.2) is 0 Å². The maximum atomic E-state index is 3.60. The molecule has 106 valence electrons. The third-order valence-corrected chi connectivity index (χ3v) is 5.36. The number of rotatable bonds is 6. The van der Waals surface area contributed by atoms with Crippen molar-refractivity contribution in [2.75, 3.05) is 6.54 Å². The molecular formula is C18H23NS. The lowest BCUT2D eigenvalue weighted by Gasteiger charge is -2.08. The Kier molecular flexibility index (Phi) is 4.88. The summed E-state index contributed by atoms with van der Waals surface area (Å²) in [5.41, 5.74) is 1.33. The molecule has 3 rings (SSSR count). The Bertz CT molecular complexity index is 511. The summed E-state index contributed by atoms with van der Waals surface area (Å²) in [5.74, 6) is 0.991. The molecule has 0 saturated heterocycles. The summed E-state index contributed by atoms with van der Waals surface area (Å²) in [6.45, 7) is 2.19. The first-order valence-corrected chi connectivity index (χ1v) is 8.58. The molecular weight excluding hydrogens is 262 g/mol. The number of nitrogens with one attached hydrogen (secondary N) is 1. The highest BCUT2D eigenvalue weighted by Crippen LogP contribution is 2.28. The van der Waals surface area contributed by atoms with Crippen molar-refractivity contribution in [3.63, 3.8) is 0 Å². The summed E-state index contributed by atoms with van der Waals surface area (Å²) in [4.78, 5) is 2.81. The van der Waals surface area contributed by atoms with Gasteiger partial charge in [0.25, 0.3) is 0 Å². The normalized spacial score (nSPS) is 15.8. The second-order valence-corrected chi connectivity index (χ2v) is 6.92. The molecule has 0 unspecified atom stereocenters. The lowest BCUT2D eigenvalue weighted by molar-refractivity contribution is 0.478. The van der Waals surface area contributed by atoms with Gasteiger partial charge in [-0.15, -0.1) is 11.3 Å². The molecule has 1 aromatic heterocycles. The van der Waals surface area contributed by atoms with Gasteiger partial charge in [0, 0.05) is 16.3 Å². The minimum absolute atomic E-state index is 0.991. The van der Waals surface area contributed by atoms with Crippen molar-refractivity contribution < 1.29 is 0 Å². The Morgan fingerprint density at radius 2 is 1.80 bits per heavy atom. The van der Waals surface area contributed by atoms with Crippen LogP contribution in [0.25, 0.3) is 10.4 Å². The van der Waals surface area contributed by atoms with E-state index in [4.69, 9.17) is 0 Å². The summed E-state index contributed by atoms with van der Waals surface area (Å²) in [5, 5.41) is 3.60. The van der Waals surface area contributed by atoms with Crippen molar-refractivity contribution in [3.05, 3.63) is 47.3 Å². The Balaban J connectivity index is 1.45. The van der Waals surface area contributed by atoms with E-state index in [1.807, 2.05) is 11.3 Å². The molecule has 1 fully saturated rings. The third kappa shape index (κ3) is 3.71. The van der Waals surface area contributed by atoms with E-state index in [1.165, 1.54) is 54.0 Å². The van der Waals surface area contributed by atoms with Crippen molar-refractivity contribution in [1.29, 1.82) is 0 Å². The molecule has 0 aliphatic heterocycles. The zero-order valence-electron chi connectivity index (χ0n) is 12.0. The SMILES string of the molecule is c1ccc(-c2ccc(CNCCC3CCCC3)s2)cc1. The van der Waals surface area contributed by atoms with Crippen molar-refractivity contribution in [2.24, 2.45) is 5.92 Å². The maximum Gasteiger partial charge on any atom is 0.0346 e. The van der Waals surface area contributed by atoms with Crippen molar-refractivity contribution in [2.45, 2.75) is 38.6 Å². The van der Waals surface area contributed by atoms with Crippen LogP contribution in [0.15, 0.2) is 42.5 Å². The highest BCUT2D eigenvalue weighted by molar-refractivity contribution is 7.15. The van der Waals surface area contributed by atoms with Crippen molar-refractivity contribution in [1.82, 2.24) is 5.32 Å². The Morgan fingerprint density at radius 3 is 2.60 bits per heavy atom. The highest BCUT2D eigenvalue weighted by Gasteiger charge is 2.13. The lowest BCUT2D eigenvalue weighted by Crippen LogP contribution is -2.16. The van der Waals surface area contributed by atoms with E-state index in [-0.39, 0.29) is 0 Å². The van der Waals surface area contributed by atoms with Crippen LogP contribution in [0, 0.1) is 5.92 Å². The van der Waals surface area contributed by atoms with Crippen LogP contribution in [0.5, 0.6) is 0 Å². The largest absolute Gasteiger partial charge is 0.312 e. The molecule has 2 aromatic rings. The van der Waals surface area contributed by atoms with Gasteiger partial charge in [0.2, 0.25) is 0 Å².